The molecule has 1 aliphatic heterocycles. The number of carbonyl (C=O) groups is 1. The highest BCUT2D eigenvalue weighted by Crippen LogP contribution is 2.11. The summed E-state index contributed by atoms with van der Waals surface area (Å²) in [7, 11) is 0. The van der Waals surface area contributed by atoms with Gasteiger partial charge in [-0.3, -0.25) is 9.89 Å². The molecule has 100 valence electrons. The van der Waals surface area contributed by atoms with Gasteiger partial charge in [0.1, 0.15) is 6.33 Å². The van der Waals surface area contributed by atoms with Crippen LogP contribution in [-0.2, 0) is 9.47 Å². The Morgan fingerprint density at radius 1 is 1.67 bits per heavy atom. The first kappa shape index (κ1) is 13.0. The maximum Gasteiger partial charge on any atom is 0.288 e. The number of amides is 1. The number of rotatable bonds is 7. The fourth-order valence-electron chi connectivity index (χ4n) is 1.77. The van der Waals surface area contributed by atoms with Crippen LogP contribution in [0.3, 0.4) is 0 Å². The first-order chi connectivity index (χ1) is 8.86. The average Bonchev–Trinajstić information content (AvgIpc) is 3.05. The third-order valence-electron chi connectivity index (χ3n) is 2.71. The maximum absolute atomic E-state index is 11.4. The Morgan fingerprint density at radius 3 is 3.33 bits per heavy atom. The van der Waals surface area contributed by atoms with Crippen molar-refractivity contribution >= 4 is 5.91 Å². The van der Waals surface area contributed by atoms with Gasteiger partial charge in [0.2, 0.25) is 5.82 Å². The first-order valence-corrected chi connectivity index (χ1v) is 6.19. The van der Waals surface area contributed by atoms with Crippen molar-refractivity contribution in [3.8, 4) is 0 Å². The van der Waals surface area contributed by atoms with Gasteiger partial charge in [-0.15, -0.1) is 0 Å². The molecule has 1 unspecified atom stereocenters. The molecule has 0 spiro atoms. The zero-order valence-corrected chi connectivity index (χ0v) is 10.2. The normalized spacial score (nSPS) is 19.0. The van der Waals surface area contributed by atoms with Crippen LogP contribution in [0.2, 0.25) is 0 Å². The number of carbonyl (C=O) groups excluding carboxylic acids is 1. The Kier molecular flexibility index (Phi) is 5.10. The van der Waals surface area contributed by atoms with Gasteiger partial charge >= 0.3 is 0 Å². The molecule has 2 N–H and O–H groups in total. The fourth-order valence-corrected chi connectivity index (χ4v) is 1.77. The van der Waals surface area contributed by atoms with Crippen LogP contribution in [0.4, 0.5) is 0 Å². The van der Waals surface area contributed by atoms with Crippen molar-refractivity contribution in [2.24, 2.45) is 0 Å². The molecule has 2 heterocycles. The molecule has 1 atom stereocenters. The largest absolute Gasteiger partial charge is 0.379 e. The van der Waals surface area contributed by atoms with Gasteiger partial charge < -0.3 is 14.8 Å². The van der Waals surface area contributed by atoms with Crippen LogP contribution in [0.25, 0.3) is 0 Å². The van der Waals surface area contributed by atoms with E-state index in [1.165, 1.54) is 6.33 Å². The monoisotopic (exact) mass is 254 g/mol. The molecule has 7 heteroatoms. The van der Waals surface area contributed by atoms with Crippen molar-refractivity contribution in [1.82, 2.24) is 20.5 Å². The summed E-state index contributed by atoms with van der Waals surface area (Å²) in [6.45, 7) is 2.68. The third-order valence-corrected chi connectivity index (χ3v) is 2.71. The average molecular weight is 254 g/mol. The second-order valence-corrected chi connectivity index (χ2v) is 4.15. The van der Waals surface area contributed by atoms with Gasteiger partial charge in [-0.1, -0.05) is 0 Å². The number of nitrogens with zero attached hydrogens (tertiary/aromatic N) is 2. The number of hydrogen-bond donors (Lipinski definition) is 2. The summed E-state index contributed by atoms with van der Waals surface area (Å²) >= 11 is 0. The van der Waals surface area contributed by atoms with Crippen molar-refractivity contribution in [1.29, 1.82) is 0 Å². The van der Waals surface area contributed by atoms with Crippen LogP contribution >= 0.6 is 0 Å². The molecule has 0 saturated carbocycles. The van der Waals surface area contributed by atoms with E-state index in [2.05, 4.69) is 20.5 Å². The van der Waals surface area contributed by atoms with E-state index in [1.807, 2.05) is 0 Å². The molecule has 18 heavy (non-hydrogen) atoms. The lowest BCUT2D eigenvalue weighted by Crippen LogP contribution is -2.26. The van der Waals surface area contributed by atoms with Crippen LogP contribution in [-0.4, -0.2) is 53.6 Å². The third kappa shape index (κ3) is 4.08. The van der Waals surface area contributed by atoms with E-state index in [4.69, 9.17) is 9.47 Å². The summed E-state index contributed by atoms with van der Waals surface area (Å²) in [5.74, 6) is -0.0121. The van der Waals surface area contributed by atoms with Gasteiger partial charge in [0.05, 0.1) is 12.7 Å². The van der Waals surface area contributed by atoms with Crippen molar-refractivity contribution in [3.05, 3.63) is 12.2 Å². The van der Waals surface area contributed by atoms with Crippen molar-refractivity contribution < 1.29 is 14.3 Å². The van der Waals surface area contributed by atoms with Crippen LogP contribution < -0.4 is 5.32 Å². The van der Waals surface area contributed by atoms with Gasteiger partial charge in [-0.05, 0) is 19.3 Å². The molecule has 0 aliphatic carbocycles. The molecule has 7 nitrogen and oxygen atoms in total. The summed E-state index contributed by atoms with van der Waals surface area (Å²) < 4.78 is 10.9. The van der Waals surface area contributed by atoms with Crippen LogP contribution in [0.5, 0.6) is 0 Å². The number of aromatic nitrogens is 3. The van der Waals surface area contributed by atoms with E-state index in [-0.39, 0.29) is 17.8 Å². The predicted octanol–water partition coefficient (Wildman–Crippen LogP) is 0.120. The smallest absolute Gasteiger partial charge is 0.288 e. The fraction of sp³-hybridized carbons (Fsp3) is 0.727. The Hall–Kier alpha value is -1.47. The molecular weight excluding hydrogens is 236 g/mol. The molecule has 1 aliphatic rings. The Morgan fingerprint density at radius 2 is 2.61 bits per heavy atom. The van der Waals surface area contributed by atoms with E-state index in [0.717, 1.165) is 25.9 Å². The molecule has 0 aromatic carbocycles. The van der Waals surface area contributed by atoms with E-state index >= 15 is 0 Å². The first-order valence-electron chi connectivity index (χ1n) is 6.19. The quantitative estimate of drug-likeness (QED) is 0.675. The van der Waals surface area contributed by atoms with Gasteiger partial charge in [-0.25, -0.2) is 4.98 Å². The molecule has 2 rings (SSSR count). The molecule has 1 fully saturated rings. The zero-order valence-electron chi connectivity index (χ0n) is 10.2. The summed E-state index contributed by atoms with van der Waals surface area (Å²) in [6.07, 6.45) is 4.55. The SMILES string of the molecule is O=C(NCCCOCC1CCCO1)c1ncn[nH]1. The molecular formula is C11H18N4O3. The van der Waals surface area contributed by atoms with E-state index < -0.39 is 0 Å². The molecule has 1 aromatic heterocycles. The maximum atomic E-state index is 11.4. The van der Waals surface area contributed by atoms with Crippen LogP contribution in [0.15, 0.2) is 6.33 Å². The van der Waals surface area contributed by atoms with Gasteiger partial charge in [0.15, 0.2) is 0 Å². The number of hydrogen-bond acceptors (Lipinski definition) is 5. The number of nitrogens with one attached hydrogen (secondary N) is 2. The van der Waals surface area contributed by atoms with Crippen LogP contribution in [0, 0.1) is 0 Å². The summed E-state index contributed by atoms with van der Waals surface area (Å²) in [4.78, 5) is 15.2. The Labute approximate surface area is 105 Å². The Bertz CT molecular complexity index is 349. The minimum absolute atomic E-state index is 0.232. The van der Waals surface area contributed by atoms with Crippen molar-refractivity contribution in [2.75, 3.05) is 26.4 Å². The minimum atomic E-state index is -0.244. The van der Waals surface area contributed by atoms with E-state index in [0.29, 0.717) is 19.8 Å². The molecule has 0 radical (unpaired) electrons. The molecule has 0 bridgehead atoms. The standard InChI is InChI=1S/C11H18N4O3/c16-11(10-13-8-14-15-10)12-4-2-5-17-7-9-3-1-6-18-9/h8-9H,1-7H2,(H,12,16)(H,13,14,15). The van der Waals surface area contributed by atoms with Crippen molar-refractivity contribution in [3.63, 3.8) is 0 Å². The summed E-state index contributed by atoms with van der Waals surface area (Å²) in [5.41, 5.74) is 0. The summed E-state index contributed by atoms with van der Waals surface area (Å²) in [5, 5.41) is 8.84. The lowest BCUT2D eigenvalue weighted by atomic mass is 10.2. The highest BCUT2D eigenvalue weighted by molar-refractivity contribution is 5.90. The van der Waals surface area contributed by atoms with Gasteiger partial charge in [0.25, 0.3) is 5.91 Å². The highest BCUT2D eigenvalue weighted by atomic mass is 16.5. The van der Waals surface area contributed by atoms with E-state index in [1.54, 1.807) is 0 Å². The number of H-pyrrole nitrogens is 1. The second-order valence-electron chi connectivity index (χ2n) is 4.15. The van der Waals surface area contributed by atoms with Crippen molar-refractivity contribution in [2.45, 2.75) is 25.4 Å². The lowest BCUT2D eigenvalue weighted by molar-refractivity contribution is 0.0166. The number of ether oxygens (including phenoxy) is 2. The number of aromatic amines is 1. The minimum Gasteiger partial charge on any atom is -0.379 e. The van der Waals surface area contributed by atoms with Gasteiger partial charge in [-0.2, -0.15) is 5.10 Å². The highest BCUT2D eigenvalue weighted by Gasteiger charge is 2.15. The van der Waals surface area contributed by atoms with E-state index in [9.17, 15) is 4.79 Å². The lowest BCUT2D eigenvalue weighted by Gasteiger charge is -2.09. The zero-order chi connectivity index (χ0) is 12.6. The molecule has 1 saturated heterocycles. The molecule has 1 aromatic rings. The molecule has 1 amide bonds. The second kappa shape index (κ2) is 7.07. The van der Waals surface area contributed by atoms with Gasteiger partial charge in [0, 0.05) is 19.8 Å². The topological polar surface area (TPSA) is 89.1 Å². The summed E-state index contributed by atoms with van der Waals surface area (Å²) in [6, 6.07) is 0. The van der Waals surface area contributed by atoms with Crippen LogP contribution in [0.1, 0.15) is 29.9 Å². The Balaban J connectivity index is 1.47. The predicted molar refractivity (Wildman–Crippen MR) is 63.1 cm³/mol.